The summed E-state index contributed by atoms with van der Waals surface area (Å²) in [6.45, 7) is 0. The number of carbonyl (C=O) groups excluding carboxylic acids is 1. The van der Waals surface area contributed by atoms with Crippen LogP contribution in [0, 0.1) is 0 Å². The summed E-state index contributed by atoms with van der Waals surface area (Å²) in [5, 5.41) is 4.04. The van der Waals surface area contributed by atoms with Crippen molar-refractivity contribution in [2.75, 3.05) is 7.05 Å². The first-order chi connectivity index (χ1) is 13.2. The van der Waals surface area contributed by atoms with E-state index < -0.39 is 23.3 Å². The van der Waals surface area contributed by atoms with E-state index in [4.69, 9.17) is 10.3 Å². The van der Waals surface area contributed by atoms with Crippen LogP contribution in [-0.4, -0.2) is 28.0 Å². The number of halogens is 4. The summed E-state index contributed by atoms with van der Waals surface area (Å²) < 4.78 is 44.1. The Hall–Kier alpha value is -2.13. The topological polar surface area (TPSA) is 85.2 Å². The van der Waals surface area contributed by atoms with Crippen LogP contribution < -0.4 is 5.73 Å². The second-order valence-electron chi connectivity index (χ2n) is 7.68. The number of hydrogen-bond acceptors (Lipinski definition) is 5. The van der Waals surface area contributed by atoms with E-state index in [-0.39, 0.29) is 24.2 Å². The molecular formula is C19H22ClF3N4O2. The molecule has 1 aromatic carbocycles. The van der Waals surface area contributed by atoms with Crippen LogP contribution >= 0.6 is 12.4 Å². The zero-order chi connectivity index (χ0) is 20.1. The van der Waals surface area contributed by atoms with Crippen molar-refractivity contribution in [3.05, 3.63) is 47.1 Å². The molecule has 1 saturated heterocycles. The molecule has 1 aliphatic heterocycles. The van der Waals surface area contributed by atoms with Crippen molar-refractivity contribution in [2.24, 2.45) is 5.73 Å². The van der Waals surface area contributed by atoms with Crippen LogP contribution in [-0.2, 0) is 16.5 Å². The normalized spacial score (nSPS) is 24.0. The average Bonchev–Trinajstić information content (AvgIpc) is 3.11. The van der Waals surface area contributed by atoms with Gasteiger partial charge in [0.15, 0.2) is 5.82 Å². The highest BCUT2D eigenvalue weighted by molar-refractivity contribution is 5.85. The van der Waals surface area contributed by atoms with Crippen molar-refractivity contribution >= 4 is 18.3 Å². The van der Waals surface area contributed by atoms with Crippen LogP contribution in [0.25, 0.3) is 0 Å². The molecule has 2 atom stereocenters. The zero-order valence-corrected chi connectivity index (χ0v) is 16.6. The number of nitrogens with zero attached hydrogens (tertiary/aromatic N) is 3. The molecule has 29 heavy (non-hydrogen) atoms. The van der Waals surface area contributed by atoms with Crippen LogP contribution in [0.2, 0.25) is 0 Å². The predicted molar refractivity (Wildman–Crippen MR) is 100 cm³/mol. The number of benzene rings is 1. The predicted octanol–water partition coefficient (Wildman–Crippen LogP) is 3.93. The summed E-state index contributed by atoms with van der Waals surface area (Å²) in [5.41, 5.74) is 5.56. The minimum atomic E-state index is -4.41. The van der Waals surface area contributed by atoms with Gasteiger partial charge in [-0.2, -0.15) is 18.2 Å². The first-order valence-corrected chi connectivity index (χ1v) is 9.25. The third-order valence-corrected chi connectivity index (χ3v) is 5.89. The van der Waals surface area contributed by atoms with Crippen molar-refractivity contribution in [1.82, 2.24) is 15.0 Å². The van der Waals surface area contributed by atoms with Gasteiger partial charge in [0.25, 0.3) is 0 Å². The number of amides is 1. The van der Waals surface area contributed by atoms with E-state index in [1.807, 2.05) is 0 Å². The van der Waals surface area contributed by atoms with Crippen molar-refractivity contribution < 1.29 is 22.5 Å². The van der Waals surface area contributed by atoms with Crippen molar-refractivity contribution in [3.8, 4) is 0 Å². The van der Waals surface area contributed by atoms with Crippen molar-refractivity contribution in [1.29, 1.82) is 0 Å². The standard InChI is InChI=1S/C19H21F3N4O2.ClH/c1-26-14(27)8-7-13(16-24-17(25-28-16)18(23)9-2-10-18)15(26)11-3-5-12(6-4-11)19(20,21)22;/h3-6,13,15H,2,7-10,23H2,1H3;1H. The number of carbonyl (C=O) groups is 1. The highest BCUT2D eigenvalue weighted by atomic mass is 35.5. The minimum absolute atomic E-state index is 0. The maximum Gasteiger partial charge on any atom is 0.416 e. The van der Waals surface area contributed by atoms with Gasteiger partial charge in [0, 0.05) is 13.5 Å². The highest BCUT2D eigenvalue weighted by Crippen LogP contribution is 2.44. The van der Waals surface area contributed by atoms with E-state index in [1.165, 1.54) is 12.1 Å². The lowest BCUT2D eigenvalue weighted by molar-refractivity contribution is -0.138. The molecule has 10 heteroatoms. The Morgan fingerprint density at radius 2 is 1.90 bits per heavy atom. The summed E-state index contributed by atoms with van der Waals surface area (Å²) >= 11 is 0. The van der Waals surface area contributed by atoms with Gasteiger partial charge in [-0.1, -0.05) is 17.3 Å². The van der Waals surface area contributed by atoms with E-state index >= 15 is 0 Å². The minimum Gasteiger partial charge on any atom is -0.339 e. The maximum atomic E-state index is 12.9. The lowest BCUT2D eigenvalue weighted by atomic mass is 9.77. The fourth-order valence-corrected chi connectivity index (χ4v) is 3.99. The number of likely N-dealkylation sites (tertiary alicyclic amines) is 1. The van der Waals surface area contributed by atoms with Gasteiger partial charge in [-0.25, -0.2) is 0 Å². The van der Waals surface area contributed by atoms with E-state index in [0.717, 1.165) is 31.4 Å². The van der Waals surface area contributed by atoms with Crippen LogP contribution in [0.5, 0.6) is 0 Å². The smallest absolute Gasteiger partial charge is 0.339 e. The van der Waals surface area contributed by atoms with Gasteiger partial charge in [-0.15, -0.1) is 12.4 Å². The number of rotatable bonds is 3. The highest BCUT2D eigenvalue weighted by Gasteiger charge is 2.43. The molecule has 1 aromatic heterocycles. The van der Waals surface area contributed by atoms with Gasteiger partial charge in [-0.05, 0) is 43.4 Å². The zero-order valence-electron chi connectivity index (χ0n) is 15.8. The fourth-order valence-electron chi connectivity index (χ4n) is 3.99. The van der Waals surface area contributed by atoms with Crippen LogP contribution in [0.15, 0.2) is 28.8 Å². The van der Waals surface area contributed by atoms with Gasteiger partial charge >= 0.3 is 6.18 Å². The number of aromatic nitrogens is 2. The Kier molecular flexibility index (Phi) is 5.66. The SMILES string of the molecule is CN1C(=O)CCC(c2nc(C3(N)CCC3)no2)C1c1ccc(C(F)(F)F)cc1.Cl. The van der Waals surface area contributed by atoms with Crippen molar-refractivity contribution in [2.45, 2.75) is 55.8 Å². The molecule has 0 bridgehead atoms. The molecule has 2 aliphatic rings. The van der Waals surface area contributed by atoms with Crippen LogP contribution in [0.4, 0.5) is 13.2 Å². The first kappa shape index (κ1) is 21.6. The van der Waals surface area contributed by atoms with Gasteiger partial charge in [0.05, 0.1) is 23.1 Å². The molecule has 158 valence electrons. The fraction of sp³-hybridized carbons (Fsp3) is 0.526. The Morgan fingerprint density at radius 3 is 2.45 bits per heavy atom. The number of likely N-dealkylation sites (N-methyl/N-ethyl adjacent to an activating group) is 1. The van der Waals surface area contributed by atoms with Gasteiger partial charge in [0.2, 0.25) is 11.8 Å². The third kappa shape index (κ3) is 3.85. The molecule has 1 aliphatic carbocycles. The van der Waals surface area contributed by atoms with Gasteiger partial charge in [-0.3, -0.25) is 4.79 Å². The number of piperidine rings is 1. The lowest BCUT2D eigenvalue weighted by Gasteiger charge is -2.38. The Bertz CT molecular complexity index is 880. The summed E-state index contributed by atoms with van der Waals surface area (Å²) in [5.74, 6) is 0.454. The van der Waals surface area contributed by atoms with E-state index in [0.29, 0.717) is 30.1 Å². The molecule has 2 N–H and O–H groups in total. The molecule has 0 radical (unpaired) electrons. The monoisotopic (exact) mass is 430 g/mol. The maximum absolute atomic E-state index is 12.9. The Labute approximate surface area is 172 Å². The van der Waals surface area contributed by atoms with Crippen molar-refractivity contribution in [3.63, 3.8) is 0 Å². The molecule has 0 spiro atoms. The number of alkyl halides is 3. The van der Waals surface area contributed by atoms with Crippen LogP contribution in [0.1, 0.15) is 66.9 Å². The Morgan fingerprint density at radius 1 is 1.24 bits per heavy atom. The molecule has 2 heterocycles. The molecule has 1 saturated carbocycles. The molecular weight excluding hydrogens is 409 g/mol. The molecule has 2 aromatic rings. The summed E-state index contributed by atoms with van der Waals surface area (Å²) in [4.78, 5) is 18.3. The summed E-state index contributed by atoms with van der Waals surface area (Å²) in [7, 11) is 1.64. The van der Waals surface area contributed by atoms with Crippen LogP contribution in [0.3, 0.4) is 0 Å². The quantitative estimate of drug-likeness (QED) is 0.797. The average molecular weight is 431 g/mol. The number of nitrogens with two attached hydrogens (primary N) is 1. The summed E-state index contributed by atoms with van der Waals surface area (Å²) in [6.07, 6.45) is -1.03. The largest absolute Gasteiger partial charge is 0.416 e. The molecule has 2 fully saturated rings. The van der Waals surface area contributed by atoms with E-state index in [9.17, 15) is 18.0 Å². The number of hydrogen-bond donors (Lipinski definition) is 1. The first-order valence-electron chi connectivity index (χ1n) is 9.25. The third-order valence-electron chi connectivity index (χ3n) is 5.89. The molecule has 4 rings (SSSR count). The molecule has 1 amide bonds. The van der Waals surface area contributed by atoms with E-state index in [2.05, 4.69) is 10.1 Å². The molecule has 2 unspecified atom stereocenters. The lowest BCUT2D eigenvalue weighted by Crippen LogP contribution is -2.44. The molecule has 6 nitrogen and oxygen atoms in total. The van der Waals surface area contributed by atoms with Gasteiger partial charge < -0.3 is 15.2 Å². The second kappa shape index (κ2) is 7.60. The van der Waals surface area contributed by atoms with Gasteiger partial charge in [0.1, 0.15) is 0 Å². The summed E-state index contributed by atoms with van der Waals surface area (Å²) in [6, 6.07) is 4.39. The Balaban J connectivity index is 0.00000240. The second-order valence-corrected chi connectivity index (χ2v) is 7.68. The van der Waals surface area contributed by atoms with E-state index in [1.54, 1.807) is 11.9 Å².